The molecule has 5 nitrogen and oxygen atoms in total. The Morgan fingerprint density at radius 2 is 2.00 bits per heavy atom. The van der Waals surface area contributed by atoms with E-state index in [0.717, 1.165) is 22.8 Å². The van der Waals surface area contributed by atoms with Gasteiger partial charge in [-0.1, -0.05) is 0 Å². The number of nitrogen functional groups attached to an aromatic ring is 1. The summed E-state index contributed by atoms with van der Waals surface area (Å²) in [6, 6.07) is 5.55. The molecule has 0 aliphatic carbocycles. The van der Waals surface area contributed by atoms with Gasteiger partial charge < -0.3 is 20.2 Å². The van der Waals surface area contributed by atoms with Crippen molar-refractivity contribution in [3.05, 3.63) is 24.0 Å². The second kappa shape index (κ2) is 4.37. The van der Waals surface area contributed by atoms with Gasteiger partial charge in [-0.05, 0) is 19.1 Å². The molecular formula is C12H15N3O2. The summed E-state index contributed by atoms with van der Waals surface area (Å²) in [5, 5.41) is 0. The SMILES string of the molecule is COc1ccc(-c2[nH]c(C)nc2N)c(OC)c1. The highest BCUT2D eigenvalue weighted by Gasteiger charge is 2.13. The van der Waals surface area contributed by atoms with Crippen molar-refractivity contribution in [2.24, 2.45) is 0 Å². The maximum absolute atomic E-state index is 5.84. The molecule has 0 aliphatic rings. The van der Waals surface area contributed by atoms with E-state index in [2.05, 4.69) is 9.97 Å². The van der Waals surface area contributed by atoms with Gasteiger partial charge in [0.1, 0.15) is 23.1 Å². The van der Waals surface area contributed by atoms with Gasteiger partial charge in [0.05, 0.1) is 19.9 Å². The topological polar surface area (TPSA) is 73.2 Å². The zero-order chi connectivity index (χ0) is 12.4. The Balaban J connectivity index is 2.55. The van der Waals surface area contributed by atoms with Crippen molar-refractivity contribution in [1.82, 2.24) is 9.97 Å². The van der Waals surface area contributed by atoms with E-state index in [1.54, 1.807) is 14.2 Å². The average Bonchev–Trinajstić information content (AvgIpc) is 2.67. The van der Waals surface area contributed by atoms with Gasteiger partial charge in [0.2, 0.25) is 0 Å². The summed E-state index contributed by atoms with van der Waals surface area (Å²) in [6.07, 6.45) is 0. The molecule has 0 radical (unpaired) electrons. The molecule has 1 heterocycles. The van der Waals surface area contributed by atoms with E-state index in [-0.39, 0.29) is 0 Å². The van der Waals surface area contributed by atoms with Gasteiger partial charge in [-0.2, -0.15) is 0 Å². The fourth-order valence-corrected chi connectivity index (χ4v) is 1.72. The third kappa shape index (κ3) is 2.04. The quantitative estimate of drug-likeness (QED) is 0.850. The lowest BCUT2D eigenvalue weighted by molar-refractivity contribution is 0.395. The zero-order valence-corrected chi connectivity index (χ0v) is 10.1. The first-order chi connectivity index (χ1) is 8.15. The maximum Gasteiger partial charge on any atom is 0.150 e. The van der Waals surface area contributed by atoms with E-state index in [1.807, 2.05) is 25.1 Å². The second-order valence-corrected chi connectivity index (χ2v) is 3.65. The molecule has 0 amide bonds. The van der Waals surface area contributed by atoms with Crippen LogP contribution >= 0.6 is 0 Å². The monoisotopic (exact) mass is 233 g/mol. The van der Waals surface area contributed by atoms with E-state index < -0.39 is 0 Å². The summed E-state index contributed by atoms with van der Waals surface area (Å²) in [7, 11) is 3.22. The molecule has 1 aromatic heterocycles. The molecule has 5 heteroatoms. The molecule has 2 rings (SSSR count). The van der Waals surface area contributed by atoms with E-state index in [9.17, 15) is 0 Å². The Morgan fingerprint density at radius 1 is 1.24 bits per heavy atom. The van der Waals surface area contributed by atoms with Crippen molar-refractivity contribution in [2.75, 3.05) is 20.0 Å². The molecule has 0 aliphatic heterocycles. The summed E-state index contributed by atoms with van der Waals surface area (Å²) < 4.78 is 10.5. The molecule has 0 bridgehead atoms. The number of imidazole rings is 1. The smallest absolute Gasteiger partial charge is 0.150 e. The Hall–Kier alpha value is -2.17. The molecule has 0 saturated carbocycles. The second-order valence-electron chi connectivity index (χ2n) is 3.65. The summed E-state index contributed by atoms with van der Waals surface area (Å²) in [5.41, 5.74) is 7.47. The zero-order valence-electron chi connectivity index (χ0n) is 10.1. The molecule has 0 saturated heterocycles. The molecule has 2 aromatic rings. The third-order valence-corrected chi connectivity index (χ3v) is 2.53. The number of methoxy groups -OCH3 is 2. The van der Waals surface area contributed by atoms with Crippen LogP contribution in [-0.4, -0.2) is 24.2 Å². The molecule has 0 unspecified atom stereocenters. The number of hydrogen-bond donors (Lipinski definition) is 2. The first-order valence-electron chi connectivity index (χ1n) is 5.20. The van der Waals surface area contributed by atoms with E-state index in [0.29, 0.717) is 11.6 Å². The molecule has 0 spiro atoms. The van der Waals surface area contributed by atoms with Crippen LogP contribution in [0.4, 0.5) is 5.82 Å². The number of nitrogens with one attached hydrogen (secondary N) is 1. The number of rotatable bonds is 3. The van der Waals surface area contributed by atoms with Gasteiger partial charge in [-0.25, -0.2) is 4.98 Å². The molecule has 1 aromatic carbocycles. The van der Waals surface area contributed by atoms with Crippen molar-refractivity contribution in [1.29, 1.82) is 0 Å². The molecular weight excluding hydrogens is 218 g/mol. The Bertz CT molecular complexity index is 535. The highest BCUT2D eigenvalue weighted by atomic mass is 16.5. The summed E-state index contributed by atoms with van der Waals surface area (Å²) in [4.78, 5) is 7.26. The third-order valence-electron chi connectivity index (χ3n) is 2.53. The van der Waals surface area contributed by atoms with Gasteiger partial charge >= 0.3 is 0 Å². The number of benzene rings is 1. The van der Waals surface area contributed by atoms with E-state index in [4.69, 9.17) is 15.2 Å². The number of nitrogens with two attached hydrogens (primary N) is 1. The maximum atomic E-state index is 5.84. The predicted octanol–water partition coefficient (Wildman–Crippen LogP) is 1.98. The first-order valence-corrected chi connectivity index (χ1v) is 5.20. The number of anilines is 1. The van der Waals surface area contributed by atoms with Gasteiger partial charge in [-0.15, -0.1) is 0 Å². The van der Waals surface area contributed by atoms with Crippen molar-refractivity contribution < 1.29 is 9.47 Å². The van der Waals surface area contributed by atoms with E-state index in [1.165, 1.54) is 0 Å². The van der Waals surface area contributed by atoms with Gasteiger partial charge in [0.15, 0.2) is 0 Å². The molecule has 3 N–H and O–H groups in total. The lowest BCUT2D eigenvalue weighted by atomic mass is 10.1. The normalized spacial score (nSPS) is 10.3. The fraction of sp³-hybridized carbons (Fsp3) is 0.250. The number of aromatic nitrogens is 2. The van der Waals surface area contributed by atoms with Gasteiger partial charge in [0.25, 0.3) is 0 Å². The summed E-state index contributed by atoms with van der Waals surface area (Å²) in [6.45, 7) is 1.86. The van der Waals surface area contributed by atoms with Crippen LogP contribution in [-0.2, 0) is 0 Å². The largest absolute Gasteiger partial charge is 0.497 e. The van der Waals surface area contributed by atoms with Crippen molar-refractivity contribution in [3.8, 4) is 22.8 Å². The van der Waals surface area contributed by atoms with Crippen LogP contribution in [0.5, 0.6) is 11.5 Å². The molecule has 17 heavy (non-hydrogen) atoms. The number of nitrogens with zero attached hydrogens (tertiary/aromatic N) is 1. The summed E-state index contributed by atoms with van der Waals surface area (Å²) >= 11 is 0. The summed E-state index contributed by atoms with van der Waals surface area (Å²) in [5.74, 6) is 2.67. The Kier molecular flexibility index (Phi) is 2.91. The van der Waals surface area contributed by atoms with Crippen LogP contribution in [0.3, 0.4) is 0 Å². The van der Waals surface area contributed by atoms with Crippen LogP contribution < -0.4 is 15.2 Å². The predicted molar refractivity (Wildman–Crippen MR) is 66.3 cm³/mol. The van der Waals surface area contributed by atoms with Crippen molar-refractivity contribution in [3.63, 3.8) is 0 Å². The number of H-pyrrole nitrogens is 1. The number of aromatic amines is 1. The first kappa shape index (κ1) is 11.3. The Labute approximate surface area is 99.6 Å². The molecule has 0 fully saturated rings. The fourth-order valence-electron chi connectivity index (χ4n) is 1.72. The minimum absolute atomic E-state index is 0.464. The van der Waals surface area contributed by atoms with Crippen LogP contribution in [0.1, 0.15) is 5.82 Å². The van der Waals surface area contributed by atoms with Gasteiger partial charge in [0, 0.05) is 11.6 Å². The van der Waals surface area contributed by atoms with Crippen LogP contribution in [0, 0.1) is 6.92 Å². The number of hydrogen-bond acceptors (Lipinski definition) is 4. The average molecular weight is 233 g/mol. The van der Waals surface area contributed by atoms with Crippen molar-refractivity contribution >= 4 is 5.82 Å². The molecule has 0 atom stereocenters. The van der Waals surface area contributed by atoms with E-state index >= 15 is 0 Å². The van der Waals surface area contributed by atoms with Gasteiger partial charge in [-0.3, -0.25) is 0 Å². The minimum Gasteiger partial charge on any atom is -0.497 e. The lowest BCUT2D eigenvalue weighted by Gasteiger charge is -2.09. The number of aryl methyl sites for hydroxylation is 1. The highest BCUT2D eigenvalue weighted by molar-refractivity contribution is 5.76. The van der Waals surface area contributed by atoms with Crippen LogP contribution in [0.15, 0.2) is 18.2 Å². The van der Waals surface area contributed by atoms with Crippen LogP contribution in [0.2, 0.25) is 0 Å². The minimum atomic E-state index is 0.464. The lowest BCUT2D eigenvalue weighted by Crippen LogP contribution is -1.93. The number of ether oxygens (including phenoxy) is 2. The van der Waals surface area contributed by atoms with Crippen LogP contribution in [0.25, 0.3) is 11.3 Å². The highest BCUT2D eigenvalue weighted by Crippen LogP contribution is 2.34. The Morgan fingerprint density at radius 3 is 2.53 bits per heavy atom. The molecule has 90 valence electrons. The standard InChI is InChI=1S/C12H15N3O2/c1-7-14-11(12(13)15-7)9-5-4-8(16-2)6-10(9)17-3/h4-6H,13H2,1-3H3,(H,14,15). The van der Waals surface area contributed by atoms with Crippen molar-refractivity contribution in [2.45, 2.75) is 6.92 Å².